The van der Waals surface area contributed by atoms with Crippen LogP contribution in [0.3, 0.4) is 0 Å². The first-order valence-electron chi connectivity index (χ1n) is 7.40. The number of ketones is 1. The number of amides is 1. The number of carbonyl (C=O) groups is 2. The molecule has 1 amide bonds. The highest BCUT2D eigenvalue weighted by molar-refractivity contribution is 5.96. The molecule has 23 heavy (non-hydrogen) atoms. The average molecular weight is 323 g/mol. The van der Waals surface area contributed by atoms with Crippen LogP contribution in [0.4, 0.5) is 4.79 Å². The number of methoxy groups -OCH3 is 2. The van der Waals surface area contributed by atoms with E-state index in [2.05, 4.69) is 5.32 Å². The standard InChI is InChI=1S/C17H25NO5/c1-11(19)13-10-15(22-6)14(21-5)9-12(13)7-8-18-16(20)23-17(2,3)4/h9-10H,7-8H2,1-6H3,(H,18,20). The van der Waals surface area contributed by atoms with Crippen molar-refractivity contribution in [2.75, 3.05) is 20.8 Å². The van der Waals surface area contributed by atoms with Crippen molar-refractivity contribution in [1.82, 2.24) is 5.32 Å². The molecule has 0 radical (unpaired) electrons. The molecule has 128 valence electrons. The molecule has 0 saturated heterocycles. The van der Waals surface area contributed by atoms with E-state index >= 15 is 0 Å². The Balaban J connectivity index is 2.83. The van der Waals surface area contributed by atoms with Gasteiger partial charge in [-0.15, -0.1) is 0 Å². The van der Waals surface area contributed by atoms with E-state index in [1.807, 2.05) is 0 Å². The number of alkyl carbamates (subject to hydrolysis) is 1. The minimum absolute atomic E-state index is 0.0711. The van der Waals surface area contributed by atoms with Crippen LogP contribution < -0.4 is 14.8 Å². The van der Waals surface area contributed by atoms with Crippen LogP contribution in [0.1, 0.15) is 43.6 Å². The lowest BCUT2D eigenvalue weighted by Gasteiger charge is -2.20. The van der Waals surface area contributed by atoms with Gasteiger partial charge in [-0.25, -0.2) is 4.79 Å². The molecule has 0 bridgehead atoms. The minimum Gasteiger partial charge on any atom is -0.493 e. The lowest BCUT2D eigenvalue weighted by Crippen LogP contribution is -2.33. The van der Waals surface area contributed by atoms with Crippen LogP contribution in [0, 0.1) is 0 Å². The lowest BCUT2D eigenvalue weighted by molar-refractivity contribution is 0.0528. The SMILES string of the molecule is COc1cc(CCNC(=O)OC(C)(C)C)c(C(C)=O)cc1OC. The molecule has 0 atom stereocenters. The number of carbonyl (C=O) groups excluding carboxylic acids is 2. The Kier molecular flexibility index (Phi) is 6.42. The molecule has 0 fully saturated rings. The molecule has 1 N–H and O–H groups in total. The summed E-state index contributed by atoms with van der Waals surface area (Å²) in [5, 5.41) is 2.68. The summed E-state index contributed by atoms with van der Waals surface area (Å²) in [6.45, 7) is 7.25. The van der Waals surface area contributed by atoms with Gasteiger partial charge < -0.3 is 19.5 Å². The maximum atomic E-state index is 11.8. The normalized spacial score (nSPS) is 10.9. The third kappa shape index (κ3) is 5.81. The van der Waals surface area contributed by atoms with Crippen molar-refractivity contribution in [3.63, 3.8) is 0 Å². The van der Waals surface area contributed by atoms with Gasteiger partial charge in [0.1, 0.15) is 5.60 Å². The molecule has 1 aromatic carbocycles. The Labute approximate surface area is 137 Å². The molecule has 0 aliphatic heterocycles. The molecular formula is C17H25NO5. The zero-order valence-electron chi connectivity index (χ0n) is 14.6. The molecule has 1 rings (SSSR count). The number of Topliss-reactive ketones (excluding diaryl/α,β-unsaturated/α-hetero) is 1. The van der Waals surface area contributed by atoms with Crippen LogP contribution in [0.15, 0.2) is 12.1 Å². The van der Waals surface area contributed by atoms with Crippen molar-refractivity contribution in [2.45, 2.75) is 39.7 Å². The number of nitrogens with one attached hydrogen (secondary N) is 1. The van der Waals surface area contributed by atoms with Crippen molar-refractivity contribution < 1.29 is 23.8 Å². The lowest BCUT2D eigenvalue weighted by atomic mass is 10.0. The number of ether oxygens (including phenoxy) is 3. The minimum atomic E-state index is -0.544. The van der Waals surface area contributed by atoms with Crippen LogP contribution in [0.5, 0.6) is 11.5 Å². The van der Waals surface area contributed by atoms with Crippen LogP contribution in [0.2, 0.25) is 0 Å². The van der Waals surface area contributed by atoms with Crippen LogP contribution in [-0.4, -0.2) is 38.2 Å². The van der Waals surface area contributed by atoms with Gasteiger partial charge in [-0.1, -0.05) is 0 Å². The van der Waals surface area contributed by atoms with E-state index in [4.69, 9.17) is 14.2 Å². The summed E-state index contributed by atoms with van der Waals surface area (Å²) in [6.07, 6.45) is -0.00327. The molecule has 1 aromatic rings. The van der Waals surface area contributed by atoms with E-state index in [1.165, 1.54) is 21.1 Å². The van der Waals surface area contributed by atoms with E-state index < -0.39 is 11.7 Å². The predicted molar refractivity (Wildman–Crippen MR) is 87.5 cm³/mol. The van der Waals surface area contributed by atoms with Gasteiger partial charge in [0.25, 0.3) is 0 Å². The summed E-state index contributed by atoms with van der Waals surface area (Å²) in [7, 11) is 3.06. The number of benzene rings is 1. The van der Waals surface area contributed by atoms with E-state index in [9.17, 15) is 9.59 Å². The summed E-state index contributed by atoms with van der Waals surface area (Å²) in [5.41, 5.74) is 0.790. The van der Waals surface area contributed by atoms with Crippen LogP contribution in [-0.2, 0) is 11.2 Å². The smallest absolute Gasteiger partial charge is 0.407 e. The van der Waals surface area contributed by atoms with Gasteiger partial charge in [-0.05, 0) is 51.8 Å². The highest BCUT2D eigenvalue weighted by atomic mass is 16.6. The van der Waals surface area contributed by atoms with Gasteiger partial charge in [0, 0.05) is 12.1 Å². The third-order valence-corrected chi connectivity index (χ3v) is 3.05. The van der Waals surface area contributed by atoms with Gasteiger partial charge in [0.2, 0.25) is 0 Å². The molecule has 0 heterocycles. The first kappa shape index (κ1) is 18.8. The Bertz CT molecular complexity index is 575. The summed E-state index contributed by atoms with van der Waals surface area (Å²) >= 11 is 0. The fourth-order valence-corrected chi connectivity index (χ4v) is 2.07. The van der Waals surface area contributed by atoms with Crippen LogP contribution >= 0.6 is 0 Å². The zero-order valence-corrected chi connectivity index (χ0v) is 14.6. The highest BCUT2D eigenvalue weighted by Gasteiger charge is 2.17. The van der Waals surface area contributed by atoms with E-state index in [0.717, 1.165) is 5.56 Å². The Hall–Kier alpha value is -2.24. The Morgan fingerprint density at radius 1 is 1.09 bits per heavy atom. The second kappa shape index (κ2) is 7.85. The highest BCUT2D eigenvalue weighted by Crippen LogP contribution is 2.31. The van der Waals surface area contributed by atoms with Gasteiger partial charge >= 0.3 is 6.09 Å². The Morgan fingerprint density at radius 2 is 1.65 bits per heavy atom. The van der Waals surface area contributed by atoms with Gasteiger partial charge in [0.15, 0.2) is 17.3 Å². The summed E-state index contributed by atoms with van der Waals surface area (Å²) in [6, 6.07) is 3.41. The molecule has 0 spiro atoms. The average Bonchev–Trinajstić information content (AvgIpc) is 2.44. The Morgan fingerprint density at radius 3 is 2.13 bits per heavy atom. The second-order valence-electron chi connectivity index (χ2n) is 6.10. The fraction of sp³-hybridized carbons (Fsp3) is 0.529. The molecule has 6 nitrogen and oxygen atoms in total. The molecule has 6 heteroatoms. The summed E-state index contributed by atoms with van der Waals surface area (Å²) in [4.78, 5) is 23.5. The zero-order chi connectivity index (χ0) is 17.6. The second-order valence-corrected chi connectivity index (χ2v) is 6.10. The maximum absolute atomic E-state index is 11.8. The maximum Gasteiger partial charge on any atom is 0.407 e. The molecule has 0 unspecified atom stereocenters. The van der Waals surface area contributed by atoms with Crippen molar-refractivity contribution in [3.8, 4) is 11.5 Å². The molecular weight excluding hydrogens is 298 g/mol. The number of hydrogen-bond acceptors (Lipinski definition) is 5. The van der Waals surface area contributed by atoms with Gasteiger partial charge in [-0.2, -0.15) is 0 Å². The molecule has 0 saturated carbocycles. The van der Waals surface area contributed by atoms with E-state index in [0.29, 0.717) is 30.0 Å². The molecule has 0 aromatic heterocycles. The third-order valence-electron chi connectivity index (χ3n) is 3.05. The number of hydrogen-bond donors (Lipinski definition) is 1. The van der Waals surface area contributed by atoms with Gasteiger partial charge in [-0.3, -0.25) is 4.79 Å². The predicted octanol–water partition coefficient (Wildman–Crippen LogP) is 2.97. The van der Waals surface area contributed by atoms with Crippen molar-refractivity contribution in [2.24, 2.45) is 0 Å². The topological polar surface area (TPSA) is 73.9 Å². The monoisotopic (exact) mass is 323 g/mol. The number of rotatable bonds is 6. The summed E-state index contributed by atoms with van der Waals surface area (Å²) in [5.74, 6) is 0.976. The van der Waals surface area contributed by atoms with Crippen molar-refractivity contribution >= 4 is 11.9 Å². The fourth-order valence-electron chi connectivity index (χ4n) is 2.07. The van der Waals surface area contributed by atoms with E-state index in [-0.39, 0.29) is 5.78 Å². The first-order valence-corrected chi connectivity index (χ1v) is 7.40. The van der Waals surface area contributed by atoms with Crippen LogP contribution in [0.25, 0.3) is 0 Å². The van der Waals surface area contributed by atoms with Crippen molar-refractivity contribution in [1.29, 1.82) is 0 Å². The summed E-state index contributed by atoms with van der Waals surface area (Å²) < 4.78 is 15.6. The first-order chi connectivity index (χ1) is 10.7. The van der Waals surface area contributed by atoms with E-state index in [1.54, 1.807) is 32.9 Å². The van der Waals surface area contributed by atoms with Crippen molar-refractivity contribution in [3.05, 3.63) is 23.3 Å². The molecule has 0 aliphatic carbocycles. The van der Waals surface area contributed by atoms with Gasteiger partial charge in [0.05, 0.1) is 14.2 Å². The largest absolute Gasteiger partial charge is 0.493 e. The molecule has 0 aliphatic rings. The quantitative estimate of drug-likeness (QED) is 0.815.